The third-order valence-electron chi connectivity index (χ3n) is 7.99. The van der Waals surface area contributed by atoms with Crippen molar-refractivity contribution in [1.29, 1.82) is 0 Å². The van der Waals surface area contributed by atoms with Crippen LogP contribution >= 0.6 is 0 Å². The number of hydrogen-bond donors (Lipinski definition) is 1. The van der Waals surface area contributed by atoms with E-state index in [1.54, 1.807) is 6.07 Å². The van der Waals surface area contributed by atoms with E-state index < -0.39 is 23.4 Å². The molecule has 3 aromatic rings. The van der Waals surface area contributed by atoms with E-state index in [0.29, 0.717) is 35.8 Å². The number of hydrogen-bond acceptors (Lipinski definition) is 5. The molecule has 4 atom stereocenters. The van der Waals surface area contributed by atoms with Crippen molar-refractivity contribution in [1.82, 2.24) is 5.16 Å². The largest absolute Gasteiger partial charge is 0.478 e. The van der Waals surface area contributed by atoms with Crippen LogP contribution in [0.25, 0.3) is 11.3 Å². The van der Waals surface area contributed by atoms with Crippen molar-refractivity contribution >= 4 is 11.7 Å². The molecule has 3 aliphatic rings. The Morgan fingerprint density at radius 1 is 1.11 bits per heavy atom. The minimum atomic E-state index is -1.16. The molecule has 0 amide bonds. The summed E-state index contributed by atoms with van der Waals surface area (Å²) in [6, 6.07) is 7.83. The molecule has 3 heterocycles. The van der Waals surface area contributed by atoms with Crippen molar-refractivity contribution in [3.8, 4) is 11.3 Å². The van der Waals surface area contributed by atoms with Crippen LogP contribution in [0, 0.1) is 23.4 Å². The normalized spacial score (nSPS) is 25.0. The summed E-state index contributed by atoms with van der Waals surface area (Å²) in [6.07, 6.45) is 3.94. The van der Waals surface area contributed by atoms with Gasteiger partial charge in [-0.3, -0.25) is 0 Å². The van der Waals surface area contributed by atoms with Gasteiger partial charge in [-0.15, -0.1) is 0 Å². The Bertz CT molecular complexity index is 1330. The van der Waals surface area contributed by atoms with Crippen LogP contribution in [0.15, 0.2) is 40.9 Å². The second kappa shape index (κ2) is 9.20. The molecule has 2 saturated heterocycles. The first-order valence-corrected chi connectivity index (χ1v) is 12.7. The first-order valence-electron chi connectivity index (χ1n) is 12.7. The number of rotatable bonds is 7. The van der Waals surface area contributed by atoms with E-state index in [9.17, 15) is 23.1 Å². The number of fused-ring (bicyclic) bond motifs is 2. The van der Waals surface area contributed by atoms with E-state index in [2.05, 4.69) is 17.0 Å². The quantitative estimate of drug-likeness (QED) is 0.401. The molecular weight excluding hydrogens is 485 g/mol. The van der Waals surface area contributed by atoms with E-state index in [1.807, 2.05) is 0 Å². The zero-order chi connectivity index (χ0) is 25.8. The van der Waals surface area contributed by atoms with Crippen LogP contribution in [0.2, 0.25) is 0 Å². The summed E-state index contributed by atoms with van der Waals surface area (Å²) < 4.78 is 55.9. The van der Waals surface area contributed by atoms with Crippen molar-refractivity contribution in [2.45, 2.75) is 69.7 Å². The van der Waals surface area contributed by atoms with E-state index >= 15 is 0 Å². The fourth-order valence-electron chi connectivity index (χ4n) is 6.08. The first-order chi connectivity index (χ1) is 17.8. The summed E-state index contributed by atoms with van der Waals surface area (Å²) in [6.45, 7) is 2.26. The number of aromatic nitrogens is 1. The van der Waals surface area contributed by atoms with E-state index in [4.69, 9.17) is 9.26 Å². The van der Waals surface area contributed by atoms with Gasteiger partial charge in [-0.25, -0.2) is 18.0 Å². The molecule has 1 N–H and O–H groups in total. The van der Waals surface area contributed by atoms with Crippen molar-refractivity contribution in [3.63, 3.8) is 0 Å². The fourth-order valence-corrected chi connectivity index (χ4v) is 6.08. The molecule has 194 valence electrons. The number of aromatic carboxylic acids is 1. The molecular formula is C28H27F3N2O4. The number of anilines is 1. The molecule has 0 radical (unpaired) electrons. The summed E-state index contributed by atoms with van der Waals surface area (Å²) in [5.41, 5.74) is 0.856. The Kier molecular flexibility index (Phi) is 5.98. The SMILES string of the molecule is C[C@@H]1CC2CC(OCc3c(-c4c(F)cccc4F)noc3C3CC3)CC1N2c1ccc(C(=O)O)cc1F. The zero-order valence-corrected chi connectivity index (χ0v) is 20.3. The van der Waals surface area contributed by atoms with Crippen LogP contribution in [-0.4, -0.2) is 34.4 Å². The van der Waals surface area contributed by atoms with Gasteiger partial charge in [0.05, 0.1) is 29.5 Å². The van der Waals surface area contributed by atoms with Crippen LogP contribution < -0.4 is 4.90 Å². The Balaban J connectivity index is 1.22. The number of nitrogens with zero attached hydrogens (tertiary/aromatic N) is 2. The zero-order valence-electron chi connectivity index (χ0n) is 20.3. The maximum atomic E-state index is 14.9. The van der Waals surface area contributed by atoms with Gasteiger partial charge in [-0.1, -0.05) is 18.1 Å². The predicted octanol–water partition coefficient (Wildman–Crippen LogP) is 6.30. The minimum absolute atomic E-state index is 0.0304. The average molecular weight is 513 g/mol. The highest BCUT2D eigenvalue weighted by Crippen LogP contribution is 2.47. The van der Waals surface area contributed by atoms with E-state index in [1.165, 1.54) is 24.3 Å². The maximum absolute atomic E-state index is 14.9. The fraction of sp³-hybridized carbons (Fsp3) is 0.429. The van der Waals surface area contributed by atoms with Gasteiger partial charge in [-0.05, 0) is 68.4 Å². The molecule has 9 heteroatoms. The number of ether oxygens (including phenoxy) is 1. The van der Waals surface area contributed by atoms with Crippen molar-refractivity contribution in [3.05, 3.63) is 70.7 Å². The average Bonchev–Trinajstić information content (AvgIpc) is 3.58. The van der Waals surface area contributed by atoms with Crippen molar-refractivity contribution in [2.24, 2.45) is 5.92 Å². The third kappa shape index (κ3) is 4.29. The Hall–Kier alpha value is -3.33. The summed E-state index contributed by atoms with van der Waals surface area (Å²) in [4.78, 5) is 13.3. The molecule has 1 saturated carbocycles. The number of carboxylic acid groups (broad SMARTS) is 1. The molecule has 2 aliphatic heterocycles. The van der Waals surface area contributed by atoms with Crippen LogP contribution in [0.4, 0.5) is 18.9 Å². The highest BCUT2D eigenvalue weighted by atomic mass is 19.1. The number of piperidine rings is 1. The van der Waals surface area contributed by atoms with Gasteiger partial charge in [0.15, 0.2) is 0 Å². The number of carboxylic acids is 1. The highest BCUT2D eigenvalue weighted by Gasteiger charge is 2.46. The van der Waals surface area contributed by atoms with Gasteiger partial charge in [0, 0.05) is 23.6 Å². The second-order valence-electron chi connectivity index (χ2n) is 10.5. The lowest BCUT2D eigenvalue weighted by Gasteiger charge is -2.41. The van der Waals surface area contributed by atoms with E-state index in [-0.39, 0.29) is 47.5 Å². The molecule has 3 fully saturated rings. The first kappa shape index (κ1) is 24.0. The van der Waals surface area contributed by atoms with Gasteiger partial charge >= 0.3 is 5.97 Å². The van der Waals surface area contributed by atoms with Crippen LogP contribution in [-0.2, 0) is 11.3 Å². The molecule has 6 nitrogen and oxygen atoms in total. The third-order valence-corrected chi connectivity index (χ3v) is 7.99. The van der Waals surface area contributed by atoms with Crippen molar-refractivity contribution in [2.75, 3.05) is 4.90 Å². The van der Waals surface area contributed by atoms with Crippen LogP contribution in [0.1, 0.15) is 66.6 Å². The lowest BCUT2D eigenvalue weighted by Crippen LogP contribution is -2.47. The summed E-state index contributed by atoms with van der Waals surface area (Å²) in [5, 5.41) is 13.2. The minimum Gasteiger partial charge on any atom is -0.478 e. The Labute approximate surface area is 212 Å². The molecule has 6 rings (SSSR count). The maximum Gasteiger partial charge on any atom is 0.335 e. The van der Waals surface area contributed by atoms with Gasteiger partial charge in [-0.2, -0.15) is 0 Å². The van der Waals surface area contributed by atoms with Gasteiger partial charge < -0.3 is 19.3 Å². The van der Waals surface area contributed by atoms with Crippen molar-refractivity contribution < 1.29 is 32.3 Å². The highest BCUT2D eigenvalue weighted by molar-refractivity contribution is 5.88. The lowest BCUT2D eigenvalue weighted by molar-refractivity contribution is 0.0135. The number of halogens is 3. The Morgan fingerprint density at radius 3 is 2.51 bits per heavy atom. The predicted molar refractivity (Wildman–Crippen MR) is 129 cm³/mol. The Morgan fingerprint density at radius 2 is 1.86 bits per heavy atom. The molecule has 2 bridgehead atoms. The van der Waals surface area contributed by atoms with Gasteiger partial charge in [0.25, 0.3) is 0 Å². The molecule has 3 unspecified atom stereocenters. The summed E-state index contributed by atoms with van der Waals surface area (Å²) in [7, 11) is 0. The standard InChI is InChI=1S/C28H27F3N2O4/c1-14-9-17-11-18(12-24(14)33(17)23-8-7-16(28(34)35)10-22(23)31)36-13-19-26(32-37-27(19)15-5-6-15)25-20(29)3-2-4-21(25)30/h2-4,7-8,10,14-15,17-18,24H,5-6,9,11-13H2,1H3,(H,34,35)/t14-,17?,18?,24?/m1/s1. The molecule has 0 spiro atoms. The van der Waals surface area contributed by atoms with E-state index in [0.717, 1.165) is 25.3 Å². The molecule has 1 aliphatic carbocycles. The number of benzene rings is 2. The van der Waals surface area contributed by atoms with Gasteiger partial charge in [0.1, 0.15) is 28.9 Å². The lowest BCUT2D eigenvalue weighted by atomic mass is 9.96. The van der Waals surface area contributed by atoms with Gasteiger partial charge in [0.2, 0.25) is 0 Å². The molecule has 1 aromatic heterocycles. The molecule has 2 aromatic carbocycles. The summed E-state index contributed by atoms with van der Waals surface area (Å²) in [5.74, 6) is -1.99. The monoisotopic (exact) mass is 512 g/mol. The topological polar surface area (TPSA) is 75.8 Å². The van der Waals surface area contributed by atoms with Crippen LogP contribution in [0.5, 0.6) is 0 Å². The van der Waals surface area contributed by atoms with Crippen LogP contribution in [0.3, 0.4) is 0 Å². The number of carbonyl (C=O) groups is 1. The summed E-state index contributed by atoms with van der Waals surface area (Å²) >= 11 is 0. The second-order valence-corrected chi connectivity index (χ2v) is 10.5. The molecule has 37 heavy (non-hydrogen) atoms. The smallest absolute Gasteiger partial charge is 0.335 e.